The first-order valence-electron chi connectivity index (χ1n) is 9.22. The van der Waals surface area contributed by atoms with Crippen LogP contribution in [0.4, 0.5) is 5.69 Å². The van der Waals surface area contributed by atoms with Gasteiger partial charge in [-0.2, -0.15) is 5.10 Å². The molecule has 2 saturated heterocycles. The van der Waals surface area contributed by atoms with E-state index in [9.17, 15) is 4.79 Å². The molecule has 0 atom stereocenters. The van der Waals surface area contributed by atoms with Crippen LogP contribution in [0.5, 0.6) is 0 Å². The van der Waals surface area contributed by atoms with Crippen LogP contribution in [0.25, 0.3) is 5.69 Å². The van der Waals surface area contributed by atoms with Crippen molar-refractivity contribution in [3.63, 3.8) is 0 Å². The smallest absolute Gasteiger partial charge is 0.225 e. The first-order chi connectivity index (χ1) is 12.2. The van der Waals surface area contributed by atoms with Crippen molar-refractivity contribution in [3.8, 4) is 5.69 Å². The number of amides is 1. The van der Waals surface area contributed by atoms with Gasteiger partial charge in [0.15, 0.2) is 0 Å². The predicted molar refractivity (Wildman–Crippen MR) is 96.8 cm³/mol. The van der Waals surface area contributed by atoms with Crippen LogP contribution in [0.3, 0.4) is 0 Å². The zero-order chi connectivity index (χ0) is 17.2. The van der Waals surface area contributed by atoms with Crippen LogP contribution in [-0.2, 0) is 4.79 Å². The summed E-state index contributed by atoms with van der Waals surface area (Å²) in [5.41, 5.74) is 3.28. The van der Waals surface area contributed by atoms with Crippen LogP contribution >= 0.6 is 0 Å². The normalized spacial score (nSPS) is 18.8. The average molecular weight is 339 g/mol. The lowest BCUT2D eigenvalue weighted by Crippen LogP contribution is -2.42. The monoisotopic (exact) mass is 339 g/mol. The summed E-state index contributed by atoms with van der Waals surface area (Å²) >= 11 is 0. The summed E-state index contributed by atoms with van der Waals surface area (Å²) in [5.74, 6) is 0.549. The molecule has 132 valence electrons. The largest absolute Gasteiger partial charge is 0.368 e. The molecule has 25 heavy (non-hydrogen) atoms. The molecular formula is C19H25N5O. The maximum absolute atomic E-state index is 12.6. The summed E-state index contributed by atoms with van der Waals surface area (Å²) in [6, 6.07) is 2.00. The standard InChI is InChI=1S/C19H25N5O/c1-15-12-21-24(14-15)17-4-7-20-13-18(17)22-10-5-16(6-11-22)19(25)23-8-2-3-9-23/h4,7,12-14,16H,2-3,5-6,8-11H2,1H3. The van der Waals surface area contributed by atoms with Crippen molar-refractivity contribution >= 4 is 11.6 Å². The third-order valence-electron chi connectivity index (χ3n) is 5.34. The highest BCUT2D eigenvalue weighted by Crippen LogP contribution is 2.29. The number of hydrogen-bond acceptors (Lipinski definition) is 4. The highest BCUT2D eigenvalue weighted by Gasteiger charge is 2.30. The molecule has 4 rings (SSSR count). The third kappa shape index (κ3) is 3.25. The highest BCUT2D eigenvalue weighted by atomic mass is 16.2. The highest BCUT2D eigenvalue weighted by molar-refractivity contribution is 5.79. The van der Waals surface area contributed by atoms with Crippen molar-refractivity contribution in [3.05, 3.63) is 36.4 Å². The van der Waals surface area contributed by atoms with Crippen LogP contribution in [-0.4, -0.2) is 51.8 Å². The third-order valence-corrected chi connectivity index (χ3v) is 5.34. The lowest BCUT2D eigenvalue weighted by molar-refractivity contribution is -0.135. The van der Waals surface area contributed by atoms with Gasteiger partial charge in [0.1, 0.15) is 0 Å². The van der Waals surface area contributed by atoms with Crippen molar-refractivity contribution in [2.45, 2.75) is 32.6 Å². The zero-order valence-electron chi connectivity index (χ0n) is 14.8. The van der Waals surface area contributed by atoms with Gasteiger partial charge < -0.3 is 9.80 Å². The van der Waals surface area contributed by atoms with Gasteiger partial charge in [-0.3, -0.25) is 9.78 Å². The fraction of sp³-hybridized carbons (Fsp3) is 0.526. The van der Waals surface area contributed by atoms with Crippen molar-refractivity contribution < 1.29 is 4.79 Å². The van der Waals surface area contributed by atoms with E-state index in [-0.39, 0.29) is 5.92 Å². The van der Waals surface area contributed by atoms with Gasteiger partial charge in [-0.1, -0.05) is 0 Å². The Morgan fingerprint density at radius 2 is 1.84 bits per heavy atom. The van der Waals surface area contributed by atoms with E-state index < -0.39 is 0 Å². The molecule has 2 aliphatic rings. The molecular weight excluding hydrogens is 314 g/mol. The molecule has 0 aromatic carbocycles. The second kappa shape index (κ2) is 6.86. The number of anilines is 1. The second-order valence-electron chi connectivity index (χ2n) is 7.12. The van der Waals surface area contributed by atoms with Crippen LogP contribution < -0.4 is 4.90 Å². The van der Waals surface area contributed by atoms with Crippen LogP contribution in [0, 0.1) is 12.8 Å². The Kier molecular flexibility index (Phi) is 4.42. The Labute approximate surface area is 148 Å². The van der Waals surface area contributed by atoms with E-state index in [0.29, 0.717) is 5.91 Å². The van der Waals surface area contributed by atoms with Gasteiger partial charge in [0.2, 0.25) is 5.91 Å². The minimum atomic E-state index is 0.182. The lowest BCUT2D eigenvalue weighted by Gasteiger charge is -2.35. The molecule has 0 radical (unpaired) electrons. The summed E-state index contributed by atoms with van der Waals surface area (Å²) < 4.78 is 1.91. The van der Waals surface area contributed by atoms with Gasteiger partial charge in [-0.15, -0.1) is 0 Å². The van der Waals surface area contributed by atoms with E-state index in [1.807, 2.05) is 36.3 Å². The van der Waals surface area contributed by atoms with Gasteiger partial charge in [-0.05, 0) is 44.2 Å². The number of likely N-dealkylation sites (tertiary alicyclic amines) is 1. The van der Waals surface area contributed by atoms with Gasteiger partial charge in [0.25, 0.3) is 0 Å². The summed E-state index contributed by atoms with van der Waals surface area (Å²) in [7, 11) is 0. The first kappa shape index (κ1) is 16.1. The van der Waals surface area contributed by atoms with Crippen molar-refractivity contribution in [2.75, 3.05) is 31.1 Å². The molecule has 0 aliphatic carbocycles. The Morgan fingerprint density at radius 1 is 1.08 bits per heavy atom. The molecule has 0 unspecified atom stereocenters. The molecule has 2 fully saturated rings. The quantitative estimate of drug-likeness (QED) is 0.862. The molecule has 6 heteroatoms. The number of pyridine rings is 1. The summed E-state index contributed by atoms with van der Waals surface area (Å²) in [4.78, 5) is 21.3. The zero-order valence-corrected chi connectivity index (χ0v) is 14.8. The Bertz CT molecular complexity index is 742. The van der Waals surface area contributed by atoms with Crippen LogP contribution in [0.1, 0.15) is 31.2 Å². The van der Waals surface area contributed by atoms with Gasteiger partial charge >= 0.3 is 0 Å². The van der Waals surface area contributed by atoms with Crippen molar-refractivity contribution in [1.82, 2.24) is 19.7 Å². The van der Waals surface area contributed by atoms with Crippen molar-refractivity contribution in [2.24, 2.45) is 5.92 Å². The van der Waals surface area contributed by atoms with E-state index in [0.717, 1.165) is 68.8 Å². The molecule has 4 heterocycles. The number of piperidine rings is 1. The van der Waals surface area contributed by atoms with Gasteiger partial charge in [-0.25, -0.2) is 4.68 Å². The fourth-order valence-corrected chi connectivity index (χ4v) is 3.92. The van der Waals surface area contributed by atoms with E-state index in [1.54, 1.807) is 6.20 Å². The topological polar surface area (TPSA) is 54.3 Å². The van der Waals surface area contributed by atoms with Gasteiger partial charge in [0, 0.05) is 44.5 Å². The van der Waals surface area contributed by atoms with Gasteiger partial charge in [0.05, 0.1) is 23.8 Å². The Hall–Kier alpha value is -2.37. The van der Waals surface area contributed by atoms with E-state index in [4.69, 9.17) is 0 Å². The molecule has 0 spiro atoms. The van der Waals surface area contributed by atoms with Crippen LogP contribution in [0.2, 0.25) is 0 Å². The number of carbonyl (C=O) groups is 1. The number of nitrogens with zero attached hydrogens (tertiary/aromatic N) is 5. The number of aryl methyl sites for hydroxylation is 1. The Balaban J connectivity index is 1.47. The van der Waals surface area contributed by atoms with Crippen molar-refractivity contribution in [1.29, 1.82) is 0 Å². The number of aromatic nitrogens is 3. The summed E-state index contributed by atoms with van der Waals surface area (Å²) in [6.07, 6.45) is 11.8. The SMILES string of the molecule is Cc1cnn(-c2ccncc2N2CCC(C(=O)N3CCCC3)CC2)c1. The van der Waals surface area contributed by atoms with Crippen LogP contribution in [0.15, 0.2) is 30.9 Å². The molecule has 0 N–H and O–H groups in total. The average Bonchev–Trinajstić information content (AvgIpc) is 3.33. The molecule has 2 aromatic heterocycles. The summed E-state index contributed by atoms with van der Waals surface area (Å²) in [6.45, 7) is 5.72. The maximum atomic E-state index is 12.6. The summed E-state index contributed by atoms with van der Waals surface area (Å²) in [5, 5.41) is 4.44. The fourth-order valence-electron chi connectivity index (χ4n) is 3.92. The molecule has 0 bridgehead atoms. The van der Waals surface area contributed by atoms with E-state index in [2.05, 4.69) is 19.9 Å². The maximum Gasteiger partial charge on any atom is 0.225 e. The molecule has 1 amide bonds. The molecule has 2 aromatic rings. The predicted octanol–water partition coefficient (Wildman–Crippen LogP) is 2.41. The van der Waals surface area contributed by atoms with E-state index >= 15 is 0 Å². The molecule has 2 aliphatic heterocycles. The molecule has 6 nitrogen and oxygen atoms in total. The number of hydrogen-bond donors (Lipinski definition) is 0. The number of carbonyl (C=O) groups excluding carboxylic acids is 1. The molecule has 0 saturated carbocycles. The first-order valence-corrected chi connectivity index (χ1v) is 9.22. The minimum Gasteiger partial charge on any atom is -0.368 e. The lowest BCUT2D eigenvalue weighted by atomic mass is 9.95. The minimum absolute atomic E-state index is 0.182. The second-order valence-corrected chi connectivity index (χ2v) is 7.12. The Morgan fingerprint density at radius 3 is 2.52 bits per heavy atom. The number of rotatable bonds is 3. The van der Waals surface area contributed by atoms with E-state index in [1.165, 1.54) is 0 Å².